The van der Waals surface area contributed by atoms with Crippen LogP contribution in [0.25, 0.3) is 0 Å². The van der Waals surface area contributed by atoms with Crippen LogP contribution < -0.4 is 11.5 Å². The fourth-order valence-electron chi connectivity index (χ4n) is 2.38. The number of rotatable bonds is 7. The van der Waals surface area contributed by atoms with E-state index in [0.29, 0.717) is 0 Å². The summed E-state index contributed by atoms with van der Waals surface area (Å²) in [4.78, 5) is 0. The quantitative estimate of drug-likeness (QED) is 0.584. The molecule has 4 N–H and O–H groups in total. The second kappa shape index (κ2) is 7.59. The zero-order valence-electron chi connectivity index (χ0n) is 12.0. The first-order valence-corrected chi connectivity index (χ1v) is 7.43. The zero-order chi connectivity index (χ0) is 14.2. The van der Waals surface area contributed by atoms with E-state index in [1.54, 1.807) is 0 Å². The van der Waals surface area contributed by atoms with Crippen LogP contribution in [0.2, 0.25) is 0 Å². The second-order valence-corrected chi connectivity index (χ2v) is 5.40. The number of benzene rings is 2. The van der Waals surface area contributed by atoms with Crippen molar-refractivity contribution in [2.45, 2.75) is 38.5 Å². The topological polar surface area (TPSA) is 52.0 Å². The molecule has 0 aliphatic heterocycles. The number of nitrogens with two attached hydrogens (primary N) is 2. The Morgan fingerprint density at radius 2 is 0.850 bits per heavy atom. The highest BCUT2D eigenvalue weighted by atomic mass is 14.5. The van der Waals surface area contributed by atoms with Gasteiger partial charge in [-0.05, 0) is 61.1 Å². The molecule has 0 fully saturated rings. The third kappa shape index (κ3) is 4.96. The van der Waals surface area contributed by atoms with Gasteiger partial charge in [-0.3, -0.25) is 0 Å². The van der Waals surface area contributed by atoms with Crippen LogP contribution in [0.4, 0.5) is 11.4 Å². The van der Waals surface area contributed by atoms with Gasteiger partial charge in [0.2, 0.25) is 0 Å². The van der Waals surface area contributed by atoms with Gasteiger partial charge in [0, 0.05) is 11.4 Å². The molecule has 0 amide bonds. The summed E-state index contributed by atoms with van der Waals surface area (Å²) in [7, 11) is 0. The lowest BCUT2D eigenvalue weighted by molar-refractivity contribution is 0.640. The van der Waals surface area contributed by atoms with Crippen LogP contribution in [-0.2, 0) is 12.8 Å². The van der Waals surface area contributed by atoms with Gasteiger partial charge in [0.15, 0.2) is 0 Å². The van der Waals surface area contributed by atoms with Crippen molar-refractivity contribution < 1.29 is 0 Å². The largest absolute Gasteiger partial charge is 0.399 e. The Bertz CT molecular complexity index is 450. The van der Waals surface area contributed by atoms with Crippen molar-refractivity contribution in [3.63, 3.8) is 0 Å². The smallest absolute Gasteiger partial charge is 0.0314 e. The average Bonchev–Trinajstić information content (AvgIpc) is 2.46. The first-order chi connectivity index (χ1) is 9.74. The zero-order valence-corrected chi connectivity index (χ0v) is 12.0. The van der Waals surface area contributed by atoms with Crippen LogP contribution in [0.15, 0.2) is 48.5 Å². The van der Waals surface area contributed by atoms with Crippen LogP contribution in [0, 0.1) is 0 Å². The molecule has 0 bridgehead atoms. The van der Waals surface area contributed by atoms with Crippen molar-refractivity contribution in [1.29, 1.82) is 0 Å². The van der Waals surface area contributed by atoms with Crippen molar-refractivity contribution in [3.8, 4) is 0 Å². The molecule has 0 spiro atoms. The van der Waals surface area contributed by atoms with E-state index in [0.717, 1.165) is 24.2 Å². The molecule has 0 atom stereocenters. The first kappa shape index (κ1) is 14.4. The molecular formula is C18H24N2. The molecule has 20 heavy (non-hydrogen) atoms. The Morgan fingerprint density at radius 3 is 1.20 bits per heavy atom. The SMILES string of the molecule is Nc1ccc(CCCCCCc2ccc(N)cc2)cc1. The summed E-state index contributed by atoms with van der Waals surface area (Å²) in [6, 6.07) is 16.4. The van der Waals surface area contributed by atoms with Gasteiger partial charge in [0.05, 0.1) is 0 Å². The third-order valence-electron chi connectivity index (χ3n) is 3.64. The van der Waals surface area contributed by atoms with Crippen molar-refractivity contribution in [2.24, 2.45) is 0 Å². The first-order valence-electron chi connectivity index (χ1n) is 7.43. The average molecular weight is 268 g/mol. The predicted molar refractivity (Wildman–Crippen MR) is 87.6 cm³/mol. The van der Waals surface area contributed by atoms with Crippen LogP contribution in [-0.4, -0.2) is 0 Å². The van der Waals surface area contributed by atoms with E-state index in [1.807, 2.05) is 24.3 Å². The highest BCUT2D eigenvalue weighted by molar-refractivity contribution is 5.39. The molecule has 0 unspecified atom stereocenters. The fourth-order valence-corrected chi connectivity index (χ4v) is 2.38. The summed E-state index contributed by atoms with van der Waals surface area (Å²) in [5.74, 6) is 0. The lowest BCUT2D eigenvalue weighted by Gasteiger charge is -2.04. The van der Waals surface area contributed by atoms with E-state index >= 15 is 0 Å². The summed E-state index contributed by atoms with van der Waals surface area (Å²) < 4.78 is 0. The molecule has 2 heteroatoms. The van der Waals surface area contributed by atoms with Gasteiger partial charge >= 0.3 is 0 Å². The second-order valence-electron chi connectivity index (χ2n) is 5.40. The van der Waals surface area contributed by atoms with E-state index in [1.165, 1.54) is 36.8 Å². The Morgan fingerprint density at radius 1 is 0.500 bits per heavy atom. The van der Waals surface area contributed by atoms with Gasteiger partial charge in [-0.15, -0.1) is 0 Å². The number of unbranched alkanes of at least 4 members (excludes halogenated alkanes) is 3. The Kier molecular flexibility index (Phi) is 5.48. The Hall–Kier alpha value is -1.96. The molecular weight excluding hydrogens is 244 g/mol. The minimum absolute atomic E-state index is 0.845. The Balaban J connectivity index is 1.57. The minimum Gasteiger partial charge on any atom is -0.399 e. The summed E-state index contributed by atoms with van der Waals surface area (Å²) in [6.45, 7) is 0. The summed E-state index contributed by atoms with van der Waals surface area (Å²) in [5, 5.41) is 0. The van der Waals surface area contributed by atoms with E-state index in [4.69, 9.17) is 11.5 Å². The molecule has 2 rings (SSSR count). The highest BCUT2D eigenvalue weighted by Crippen LogP contribution is 2.13. The Labute approximate surface area is 121 Å². The number of anilines is 2. The van der Waals surface area contributed by atoms with Gasteiger partial charge in [-0.2, -0.15) is 0 Å². The molecule has 0 saturated carbocycles. The summed E-state index contributed by atoms with van der Waals surface area (Å²) >= 11 is 0. The molecule has 2 nitrogen and oxygen atoms in total. The van der Waals surface area contributed by atoms with Crippen LogP contribution in [0.1, 0.15) is 36.8 Å². The van der Waals surface area contributed by atoms with Crippen molar-refractivity contribution in [2.75, 3.05) is 11.5 Å². The number of hydrogen-bond donors (Lipinski definition) is 2. The maximum absolute atomic E-state index is 5.68. The van der Waals surface area contributed by atoms with E-state index < -0.39 is 0 Å². The molecule has 0 radical (unpaired) electrons. The molecule has 106 valence electrons. The normalized spacial score (nSPS) is 10.6. The maximum atomic E-state index is 5.68. The van der Waals surface area contributed by atoms with E-state index in [9.17, 15) is 0 Å². The number of aryl methyl sites for hydroxylation is 2. The fraction of sp³-hybridized carbons (Fsp3) is 0.333. The number of nitrogen functional groups attached to an aromatic ring is 2. The molecule has 2 aromatic carbocycles. The molecule has 0 heterocycles. The van der Waals surface area contributed by atoms with E-state index in [-0.39, 0.29) is 0 Å². The predicted octanol–water partition coefficient (Wildman–Crippen LogP) is 4.20. The minimum atomic E-state index is 0.845. The number of hydrogen-bond acceptors (Lipinski definition) is 2. The standard InChI is InChI=1S/C18H24N2/c19-17-11-7-15(8-12-17)5-3-1-2-4-6-16-9-13-18(20)14-10-16/h7-14H,1-6,19-20H2. The van der Waals surface area contributed by atoms with Crippen molar-refractivity contribution in [1.82, 2.24) is 0 Å². The lowest BCUT2D eigenvalue weighted by atomic mass is 10.0. The lowest BCUT2D eigenvalue weighted by Crippen LogP contribution is -1.90. The van der Waals surface area contributed by atoms with Crippen molar-refractivity contribution in [3.05, 3.63) is 59.7 Å². The van der Waals surface area contributed by atoms with Gasteiger partial charge in [-0.1, -0.05) is 37.1 Å². The molecule has 2 aromatic rings. The van der Waals surface area contributed by atoms with E-state index in [2.05, 4.69) is 24.3 Å². The molecule has 0 aliphatic carbocycles. The van der Waals surface area contributed by atoms with Gasteiger partial charge < -0.3 is 11.5 Å². The van der Waals surface area contributed by atoms with Crippen molar-refractivity contribution >= 4 is 11.4 Å². The van der Waals surface area contributed by atoms with Crippen LogP contribution in [0.3, 0.4) is 0 Å². The van der Waals surface area contributed by atoms with Crippen LogP contribution >= 0.6 is 0 Å². The van der Waals surface area contributed by atoms with Gasteiger partial charge in [0.25, 0.3) is 0 Å². The molecule has 0 aromatic heterocycles. The molecule has 0 aliphatic rings. The third-order valence-corrected chi connectivity index (χ3v) is 3.64. The summed E-state index contributed by atoms with van der Waals surface area (Å²) in [5.41, 5.74) is 15.8. The maximum Gasteiger partial charge on any atom is 0.0314 e. The highest BCUT2D eigenvalue weighted by Gasteiger charge is 1.96. The van der Waals surface area contributed by atoms with Crippen LogP contribution in [0.5, 0.6) is 0 Å². The monoisotopic (exact) mass is 268 g/mol. The molecule has 0 saturated heterocycles. The van der Waals surface area contributed by atoms with Gasteiger partial charge in [-0.25, -0.2) is 0 Å². The summed E-state index contributed by atoms with van der Waals surface area (Å²) in [6.07, 6.45) is 7.40. The van der Waals surface area contributed by atoms with Gasteiger partial charge in [0.1, 0.15) is 0 Å².